The molecule has 0 aromatic carbocycles. The van der Waals surface area contributed by atoms with Crippen LogP contribution in [0.25, 0.3) is 0 Å². The van der Waals surface area contributed by atoms with Gasteiger partial charge >= 0.3 is 0 Å². The van der Waals surface area contributed by atoms with E-state index in [-0.39, 0.29) is 12.5 Å². The molecule has 0 aromatic rings. The Hall–Kier alpha value is -1.07. The maximum absolute atomic E-state index is 12.8. The molecule has 1 aliphatic rings. The van der Waals surface area contributed by atoms with Crippen molar-refractivity contribution in [3.05, 3.63) is 12.2 Å². The van der Waals surface area contributed by atoms with Gasteiger partial charge in [0.15, 0.2) is 6.29 Å². The van der Waals surface area contributed by atoms with Gasteiger partial charge in [-0.05, 0) is 19.3 Å². The minimum absolute atomic E-state index is 0.183. The first-order valence-corrected chi connectivity index (χ1v) is 17.9. The first-order valence-electron chi connectivity index (χ1n) is 17.9. The molecule has 260 valence electrons. The maximum Gasteiger partial charge on any atom is 0.220 e. The Balaban J connectivity index is 2.51. The Morgan fingerprint density at radius 1 is 0.750 bits per heavy atom. The lowest BCUT2D eigenvalue weighted by Gasteiger charge is -2.40. The highest BCUT2D eigenvalue weighted by molar-refractivity contribution is 5.76. The van der Waals surface area contributed by atoms with E-state index in [1.165, 1.54) is 89.9 Å². The molecule has 0 bridgehead atoms. The molecule has 0 aliphatic carbocycles. The summed E-state index contributed by atoms with van der Waals surface area (Å²) in [5.74, 6) is -0.183. The van der Waals surface area contributed by atoms with Gasteiger partial charge in [-0.25, -0.2) is 0 Å². The largest absolute Gasteiger partial charge is 0.394 e. The molecule has 1 amide bonds. The quantitative estimate of drug-likeness (QED) is 0.0495. The van der Waals surface area contributed by atoms with Crippen LogP contribution < -0.4 is 5.32 Å². The van der Waals surface area contributed by atoms with E-state index >= 15 is 0 Å². The van der Waals surface area contributed by atoms with Crippen molar-refractivity contribution in [2.24, 2.45) is 0 Å². The summed E-state index contributed by atoms with van der Waals surface area (Å²) in [7, 11) is 0. The zero-order valence-electron chi connectivity index (χ0n) is 27.9. The average Bonchev–Trinajstić information content (AvgIpc) is 3.02. The van der Waals surface area contributed by atoms with E-state index in [1.807, 2.05) is 6.08 Å². The number of unbranched alkanes of at least 4 members (excludes halogenated alkanes) is 18. The van der Waals surface area contributed by atoms with Gasteiger partial charge in [-0.1, -0.05) is 135 Å². The van der Waals surface area contributed by atoms with Crippen LogP contribution in [0.2, 0.25) is 0 Å². The number of nitrogens with one attached hydrogen (secondary N) is 1. The number of carbonyl (C=O) groups excluding carboxylic acids is 1. The van der Waals surface area contributed by atoms with E-state index < -0.39 is 49.5 Å². The molecule has 1 rings (SSSR count). The average molecular weight is 630 g/mol. The highest BCUT2D eigenvalue weighted by Gasteiger charge is 2.44. The van der Waals surface area contributed by atoms with E-state index in [4.69, 9.17) is 9.47 Å². The third kappa shape index (κ3) is 18.8. The summed E-state index contributed by atoms with van der Waals surface area (Å²) in [4.78, 5) is 12.8. The van der Waals surface area contributed by atoms with Gasteiger partial charge in [0, 0.05) is 6.42 Å². The molecule has 0 aromatic heterocycles. The van der Waals surface area contributed by atoms with Crippen molar-refractivity contribution < 1.29 is 39.8 Å². The monoisotopic (exact) mass is 629 g/mol. The van der Waals surface area contributed by atoms with Crippen LogP contribution in [-0.4, -0.2) is 87.5 Å². The van der Waals surface area contributed by atoms with E-state index in [0.29, 0.717) is 6.42 Å². The fourth-order valence-electron chi connectivity index (χ4n) is 5.62. The lowest BCUT2D eigenvalue weighted by atomic mass is 9.99. The second kappa shape index (κ2) is 27.1. The second-order valence-corrected chi connectivity index (χ2v) is 12.7. The normalized spacial score (nSPS) is 23.7. The van der Waals surface area contributed by atoms with E-state index in [0.717, 1.165) is 38.5 Å². The van der Waals surface area contributed by atoms with Crippen LogP contribution in [0.15, 0.2) is 12.2 Å². The zero-order chi connectivity index (χ0) is 32.4. The second-order valence-electron chi connectivity index (χ2n) is 12.7. The summed E-state index contributed by atoms with van der Waals surface area (Å²) in [6, 6.07) is -0.794. The summed E-state index contributed by atoms with van der Waals surface area (Å²) in [5.41, 5.74) is 0. The smallest absolute Gasteiger partial charge is 0.220 e. The van der Waals surface area contributed by atoms with Crippen LogP contribution in [0, 0.1) is 0 Å². The van der Waals surface area contributed by atoms with Crippen LogP contribution in [0.1, 0.15) is 149 Å². The lowest BCUT2D eigenvalue weighted by molar-refractivity contribution is -0.302. The summed E-state index contributed by atoms with van der Waals surface area (Å²) < 4.78 is 11.1. The Morgan fingerprint density at radius 3 is 1.77 bits per heavy atom. The summed E-state index contributed by atoms with van der Waals surface area (Å²) in [6.45, 7) is 3.71. The number of aliphatic hydroxyl groups is 5. The molecule has 1 heterocycles. The van der Waals surface area contributed by atoms with Crippen molar-refractivity contribution in [3.8, 4) is 0 Å². The van der Waals surface area contributed by atoms with Crippen LogP contribution in [0.4, 0.5) is 0 Å². The summed E-state index contributed by atoms with van der Waals surface area (Å²) >= 11 is 0. The van der Waals surface area contributed by atoms with Crippen molar-refractivity contribution in [3.63, 3.8) is 0 Å². The molecular weight excluding hydrogens is 562 g/mol. The van der Waals surface area contributed by atoms with Crippen LogP contribution in [0.3, 0.4) is 0 Å². The zero-order valence-corrected chi connectivity index (χ0v) is 27.9. The van der Waals surface area contributed by atoms with Gasteiger partial charge in [0.25, 0.3) is 0 Å². The SMILES string of the molecule is CCCCCCCCCCCC/C=C/[C@@H](O)[C@H](CO[C@@H]1O[C@H](CO)[C@H](O)C(O)C1O)NC(=O)CCCCCCCCCCC. The lowest BCUT2D eigenvalue weighted by Crippen LogP contribution is -2.60. The van der Waals surface area contributed by atoms with Crippen molar-refractivity contribution in [1.29, 1.82) is 0 Å². The minimum Gasteiger partial charge on any atom is -0.394 e. The first-order chi connectivity index (χ1) is 21.3. The molecule has 44 heavy (non-hydrogen) atoms. The molecule has 0 saturated carbocycles. The Morgan fingerprint density at radius 2 is 1.25 bits per heavy atom. The molecule has 9 heteroatoms. The highest BCUT2D eigenvalue weighted by atomic mass is 16.7. The Labute approximate surface area is 267 Å². The molecule has 6 N–H and O–H groups in total. The van der Waals surface area contributed by atoms with E-state index in [9.17, 15) is 30.3 Å². The molecule has 2 unspecified atom stereocenters. The molecule has 0 radical (unpaired) electrons. The minimum atomic E-state index is -1.56. The van der Waals surface area contributed by atoms with Gasteiger partial charge in [0.05, 0.1) is 25.4 Å². The number of hydrogen-bond acceptors (Lipinski definition) is 8. The standard InChI is InChI=1S/C35H67NO8/c1-3-5-7-9-11-13-14-15-17-18-20-22-24-29(38)28(27-43-35-34(42)33(41)32(40)30(26-37)44-35)36-31(39)25-23-21-19-16-12-10-8-6-4-2/h22,24,28-30,32-35,37-38,40-42H,3-21,23,25-27H2,1-2H3,(H,36,39)/b24-22+/t28-,29+,30+,32-,33?,34?,35+/m0/s1. The fraction of sp³-hybridized carbons (Fsp3) is 0.914. The number of carbonyl (C=O) groups is 1. The summed E-state index contributed by atoms with van der Waals surface area (Å²) in [6.07, 6.45) is 19.7. The van der Waals surface area contributed by atoms with Gasteiger partial charge in [-0.3, -0.25) is 4.79 Å². The number of aliphatic hydroxyl groups excluding tert-OH is 5. The third-order valence-electron chi connectivity index (χ3n) is 8.61. The molecule has 1 saturated heterocycles. The van der Waals surface area contributed by atoms with Crippen molar-refractivity contribution >= 4 is 5.91 Å². The predicted octanol–water partition coefficient (Wildman–Crippen LogP) is 5.44. The van der Waals surface area contributed by atoms with Gasteiger partial charge in [-0.2, -0.15) is 0 Å². The molecule has 1 aliphatic heterocycles. The van der Waals surface area contributed by atoms with Crippen molar-refractivity contribution in [2.45, 2.75) is 192 Å². The van der Waals surface area contributed by atoms with Crippen LogP contribution in [0.5, 0.6) is 0 Å². The molecule has 1 fully saturated rings. The molecule has 9 nitrogen and oxygen atoms in total. The van der Waals surface area contributed by atoms with Crippen molar-refractivity contribution in [2.75, 3.05) is 13.2 Å². The van der Waals surface area contributed by atoms with Gasteiger partial charge in [0.1, 0.15) is 24.4 Å². The molecular formula is C35H67NO8. The molecule has 7 atom stereocenters. The van der Waals surface area contributed by atoms with Gasteiger partial charge in [-0.15, -0.1) is 0 Å². The topological polar surface area (TPSA) is 149 Å². The summed E-state index contributed by atoms with van der Waals surface area (Å²) in [5, 5.41) is 53.7. The van der Waals surface area contributed by atoms with Crippen molar-refractivity contribution in [1.82, 2.24) is 5.32 Å². The fourth-order valence-corrected chi connectivity index (χ4v) is 5.62. The number of rotatable bonds is 28. The van der Waals surface area contributed by atoms with Crippen LogP contribution in [-0.2, 0) is 14.3 Å². The first kappa shape index (κ1) is 41.0. The number of ether oxygens (including phenoxy) is 2. The maximum atomic E-state index is 12.8. The number of hydrogen-bond donors (Lipinski definition) is 6. The van der Waals surface area contributed by atoms with Gasteiger partial charge < -0.3 is 40.3 Å². The molecule has 0 spiro atoms. The Kier molecular flexibility index (Phi) is 25.2. The highest BCUT2D eigenvalue weighted by Crippen LogP contribution is 2.22. The Bertz CT molecular complexity index is 706. The predicted molar refractivity (Wildman–Crippen MR) is 175 cm³/mol. The number of allylic oxidation sites excluding steroid dienone is 1. The van der Waals surface area contributed by atoms with Gasteiger partial charge in [0.2, 0.25) is 5.91 Å². The number of amides is 1. The van der Waals surface area contributed by atoms with E-state index in [2.05, 4.69) is 19.2 Å². The third-order valence-corrected chi connectivity index (χ3v) is 8.61. The van der Waals surface area contributed by atoms with Crippen LogP contribution >= 0.6 is 0 Å². The van der Waals surface area contributed by atoms with E-state index in [1.54, 1.807) is 6.08 Å².